The first-order chi connectivity index (χ1) is 17.7. The van der Waals surface area contributed by atoms with E-state index in [0.29, 0.717) is 29.0 Å². The summed E-state index contributed by atoms with van der Waals surface area (Å²) in [5.74, 6) is 1.83. The molecule has 5 atom stereocenters. The summed E-state index contributed by atoms with van der Waals surface area (Å²) in [6.07, 6.45) is 9.36. The maximum atomic E-state index is 13.0. The van der Waals surface area contributed by atoms with Gasteiger partial charge in [0.2, 0.25) is 0 Å². The monoisotopic (exact) mass is 480 g/mol. The van der Waals surface area contributed by atoms with Crippen LogP contribution < -0.4 is 10.6 Å². The Hall–Kier alpha value is -3.63. The SMILES string of the molecule is N#Cc1ccc(C(=O)N[C@@H]2CCCC[C@H]2CN2CC[C@@H]3[C@H](c4ncc[nH]4)Nc4ccccc4[C@@H]32)cc1. The molecule has 1 saturated heterocycles. The molecule has 1 aliphatic carbocycles. The summed E-state index contributed by atoms with van der Waals surface area (Å²) in [5.41, 5.74) is 3.76. The lowest BCUT2D eigenvalue weighted by Gasteiger charge is -2.41. The van der Waals surface area contributed by atoms with Crippen LogP contribution in [0.1, 0.15) is 71.5 Å². The molecule has 1 aromatic heterocycles. The summed E-state index contributed by atoms with van der Waals surface area (Å²) in [7, 11) is 0. The number of carbonyl (C=O) groups is 1. The summed E-state index contributed by atoms with van der Waals surface area (Å²) < 4.78 is 0. The first-order valence-electron chi connectivity index (χ1n) is 13.1. The van der Waals surface area contributed by atoms with Gasteiger partial charge < -0.3 is 15.6 Å². The Kier molecular flexibility index (Phi) is 6.20. The number of nitrogens with zero attached hydrogens (tertiary/aromatic N) is 3. The molecule has 7 heteroatoms. The van der Waals surface area contributed by atoms with E-state index in [1.165, 1.54) is 17.7 Å². The third-order valence-corrected chi connectivity index (χ3v) is 8.35. The minimum absolute atomic E-state index is 0.0409. The molecular formula is C29H32N6O. The van der Waals surface area contributed by atoms with E-state index in [-0.39, 0.29) is 18.0 Å². The van der Waals surface area contributed by atoms with E-state index in [2.05, 4.69) is 55.8 Å². The second-order valence-corrected chi connectivity index (χ2v) is 10.4. The summed E-state index contributed by atoms with van der Waals surface area (Å²) in [5, 5.41) is 16.1. The number of aromatic nitrogens is 2. The number of likely N-dealkylation sites (tertiary alicyclic amines) is 1. The number of rotatable bonds is 5. The van der Waals surface area contributed by atoms with Crippen molar-refractivity contribution in [3.8, 4) is 6.07 Å². The standard InChI is InChI=1S/C29H32N6O/c30-17-19-9-11-20(12-10-19)29(36)34-24-7-3-1-5-21(24)18-35-16-13-23-26(28-31-14-15-32-28)33-25-8-4-2-6-22(25)27(23)35/h2,4,6,8-12,14-15,21,23-24,26-27,33H,1,3,5,7,13,16,18H2,(H,31,32)(H,34,36)/t21-,23+,24+,26+,27-/m0/s1. The zero-order chi connectivity index (χ0) is 24.5. The number of nitrogens with one attached hydrogen (secondary N) is 3. The number of fused-ring (bicyclic) bond motifs is 3. The molecule has 2 aromatic carbocycles. The van der Waals surface area contributed by atoms with Crippen LogP contribution in [0.3, 0.4) is 0 Å². The van der Waals surface area contributed by atoms with Crippen molar-refractivity contribution in [2.75, 3.05) is 18.4 Å². The van der Waals surface area contributed by atoms with Crippen molar-refractivity contribution in [2.45, 2.75) is 50.2 Å². The number of aromatic amines is 1. The van der Waals surface area contributed by atoms with Gasteiger partial charge in [-0.15, -0.1) is 0 Å². The van der Waals surface area contributed by atoms with Crippen molar-refractivity contribution >= 4 is 11.6 Å². The molecule has 7 nitrogen and oxygen atoms in total. The fourth-order valence-corrected chi connectivity index (χ4v) is 6.61. The van der Waals surface area contributed by atoms with E-state index >= 15 is 0 Å². The normalized spacial score (nSPS) is 27.4. The Morgan fingerprint density at radius 3 is 2.75 bits per heavy atom. The Labute approximate surface area is 211 Å². The average Bonchev–Trinajstić information content (AvgIpc) is 3.60. The zero-order valence-electron chi connectivity index (χ0n) is 20.4. The lowest BCUT2D eigenvalue weighted by Crippen LogP contribution is -2.47. The molecule has 1 amide bonds. The molecular weight excluding hydrogens is 448 g/mol. The van der Waals surface area contributed by atoms with Gasteiger partial charge >= 0.3 is 0 Å². The number of hydrogen-bond donors (Lipinski definition) is 3. The van der Waals surface area contributed by atoms with Crippen LogP contribution in [0.4, 0.5) is 5.69 Å². The third kappa shape index (κ3) is 4.27. The molecule has 36 heavy (non-hydrogen) atoms. The van der Waals surface area contributed by atoms with E-state index in [4.69, 9.17) is 5.26 Å². The quantitative estimate of drug-likeness (QED) is 0.487. The number of nitriles is 1. The van der Waals surface area contributed by atoms with Crippen molar-refractivity contribution in [3.63, 3.8) is 0 Å². The van der Waals surface area contributed by atoms with Gasteiger partial charge in [0.15, 0.2) is 0 Å². The molecule has 0 bridgehead atoms. The van der Waals surface area contributed by atoms with Gasteiger partial charge in [-0.1, -0.05) is 31.0 Å². The van der Waals surface area contributed by atoms with Crippen molar-refractivity contribution in [3.05, 3.63) is 83.4 Å². The molecule has 6 rings (SSSR count). The molecule has 3 aromatic rings. The predicted molar refractivity (Wildman–Crippen MR) is 138 cm³/mol. The van der Waals surface area contributed by atoms with E-state index in [1.54, 1.807) is 24.3 Å². The van der Waals surface area contributed by atoms with E-state index < -0.39 is 0 Å². The van der Waals surface area contributed by atoms with Crippen molar-refractivity contribution in [1.29, 1.82) is 5.26 Å². The summed E-state index contributed by atoms with van der Waals surface area (Å²) >= 11 is 0. The fraction of sp³-hybridized carbons (Fsp3) is 0.414. The fourth-order valence-electron chi connectivity index (χ4n) is 6.61. The lowest BCUT2D eigenvalue weighted by atomic mass is 9.81. The van der Waals surface area contributed by atoms with Crippen LogP contribution in [0, 0.1) is 23.2 Å². The minimum atomic E-state index is -0.0409. The highest BCUT2D eigenvalue weighted by Crippen LogP contribution is 2.51. The molecule has 3 heterocycles. The topological polar surface area (TPSA) is 96.8 Å². The molecule has 184 valence electrons. The number of anilines is 1. The third-order valence-electron chi connectivity index (χ3n) is 8.35. The molecule has 0 radical (unpaired) electrons. The highest BCUT2D eigenvalue weighted by Gasteiger charge is 2.46. The van der Waals surface area contributed by atoms with Crippen LogP contribution >= 0.6 is 0 Å². The van der Waals surface area contributed by atoms with Crippen LogP contribution in [0.2, 0.25) is 0 Å². The first-order valence-corrected chi connectivity index (χ1v) is 13.1. The van der Waals surface area contributed by atoms with Crippen LogP contribution in [-0.2, 0) is 0 Å². The number of amides is 1. The van der Waals surface area contributed by atoms with E-state index in [1.807, 2.05) is 12.4 Å². The van der Waals surface area contributed by atoms with Gasteiger partial charge in [0.05, 0.1) is 17.7 Å². The molecule has 3 aliphatic rings. The number of para-hydroxylation sites is 1. The van der Waals surface area contributed by atoms with Gasteiger partial charge in [0, 0.05) is 48.2 Å². The van der Waals surface area contributed by atoms with Crippen molar-refractivity contribution in [1.82, 2.24) is 20.2 Å². The maximum absolute atomic E-state index is 13.0. The zero-order valence-corrected chi connectivity index (χ0v) is 20.4. The molecule has 1 saturated carbocycles. The first kappa shape index (κ1) is 22.8. The van der Waals surface area contributed by atoms with Crippen LogP contribution in [-0.4, -0.2) is 39.9 Å². The van der Waals surface area contributed by atoms with Crippen LogP contribution in [0.25, 0.3) is 0 Å². The molecule has 0 spiro atoms. The highest BCUT2D eigenvalue weighted by molar-refractivity contribution is 5.94. The average molecular weight is 481 g/mol. The van der Waals surface area contributed by atoms with Gasteiger partial charge in [-0.25, -0.2) is 4.98 Å². The number of hydrogen-bond acceptors (Lipinski definition) is 5. The number of carbonyl (C=O) groups excluding carboxylic acids is 1. The Bertz CT molecular complexity index is 1250. The molecule has 2 fully saturated rings. The summed E-state index contributed by atoms with van der Waals surface area (Å²) in [6.45, 7) is 2.04. The smallest absolute Gasteiger partial charge is 0.251 e. The van der Waals surface area contributed by atoms with Gasteiger partial charge in [-0.05, 0) is 67.6 Å². The van der Waals surface area contributed by atoms with Gasteiger partial charge in [-0.2, -0.15) is 5.26 Å². The molecule has 2 aliphatic heterocycles. The van der Waals surface area contributed by atoms with Gasteiger partial charge in [-0.3, -0.25) is 9.69 Å². The second-order valence-electron chi connectivity index (χ2n) is 10.4. The van der Waals surface area contributed by atoms with E-state index in [9.17, 15) is 4.79 Å². The van der Waals surface area contributed by atoms with Crippen molar-refractivity contribution in [2.24, 2.45) is 11.8 Å². The molecule has 3 N–H and O–H groups in total. The van der Waals surface area contributed by atoms with E-state index in [0.717, 1.165) is 44.6 Å². The lowest BCUT2D eigenvalue weighted by molar-refractivity contribution is 0.0873. The Morgan fingerprint density at radius 1 is 1.11 bits per heavy atom. The van der Waals surface area contributed by atoms with Crippen molar-refractivity contribution < 1.29 is 4.79 Å². The van der Waals surface area contributed by atoms with Gasteiger partial charge in [0.25, 0.3) is 5.91 Å². The minimum Gasteiger partial charge on any atom is -0.375 e. The maximum Gasteiger partial charge on any atom is 0.251 e. The summed E-state index contributed by atoms with van der Waals surface area (Å²) in [4.78, 5) is 23.6. The van der Waals surface area contributed by atoms with Crippen LogP contribution in [0.5, 0.6) is 0 Å². The highest BCUT2D eigenvalue weighted by atomic mass is 16.1. The largest absolute Gasteiger partial charge is 0.375 e. The number of imidazole rings is 1. The van der Waals surface area contributed by atoms with Gasteiger partial charge in [0.1, 0.15) is 5.82 Å². The predicted octanol–water partition coefficient (Wildman–Crippen LogP) is 4.80. The Balaban J connectivity index is 1.21. The number of benzene rings is 2. The number of H-pyrrole nitrogens is 1. The molecule has 0 unspecified atom stereocenters. The summed E-state index contributed by atoms with van der Waals surface area (Å²) in [6, 6.07) is 18.4. The van der Waals surface area contributed by atoms with Crippen LogP contribution in [0.15, 0.2) is 60.9 Å². The second kappa shape index (κ2) is 9.79. The Morgan fingerprint density at radius 2 is 1.94 bits per heavy atom.